The van der Waals surface area contributed by atoms with Gasteiger partial charge in [-0.1, -0.05) is 29.4 Å². The van der Waals surface area contributed by atoms with E-state index in [4.69, 9.17) is 16.1 Å². The van der Waals surface area contributed by atoms with Gasteiger partial charge in [-0.25, -0.2) is 17.9 Å². The number of carbonyl (C=O) groups is 1. The average Bonchev–Trinajstić information content (AvgIpc) is 2.83. The molecule has 1 heterocycles. The first-order valence-electron chi connectivity index (χ1n) is 9.55. The molecule has 9 nitrogen and oxygen atoms in total. The number of carbonyl (C=O) groups excluding carboxylic acids is 1. The molecule has 1 aromatic heterocycles. The number of oxime groups is 1. The number of nitrogens with zero attached hydrogens (tertiary/aromatic N) is 2. The topological polar surface area (TPSA) is 161 Å². The highest BCUT2D eigenvalue weighted by atomic mass is 79.9. The molecule has 0 saturated carbocycles. The zero-order valence-electron chi connectivity index (χ0n) is 17.7. The van der Waals surface area contributed by atoms with Crippen molar-refractivity contribution >= 4 is 49.0 Å². The summed E-state index contributed by atoms with van der Waals surface area (Å²) in [6, 6.07) is 12.3. The zero-order chi connectivity index (χ0) is 25.0. The molecule has 2 aromatic carbocycles. The fourth-order valence-electron chi connectivity index (χ4n) is 3.07. The van der Waals surface area contributed by atoms with Crippen LogP contribution in [-0.2, 0) is 14.8 Å². The molecule has 0 aliphatic carbocycles. The Balaban J connectivity index is 1.89. The monoisotopic (exact) mass is 547 g/mol. The van der Waals surface area contributed by atoms with Gasteiger partial charge in [-0.05, 0) is 63.8 Å². The predicted octanol–water partition coefficient (Wildman–Crippen LogP) is 3.59. The number of allylic oxidation sites excluding steroid dienone is 1. The Morgan fingerprint density at radius 2 is 1.88 bits per heavy atom. The lowest BCUT2D eigenvalue weighted by Gasteiger charge is -2.12. The molecule has 0 radical (unpaired) electrons. The van der Waals surface area contributed by atoms with Crippen molar-refractivity contribution in [2.24, 2.45) is 16.0 Å². The van der Waals surface area contributed by atoms with Crippen molar-refractivity contribution < 1.29 is 22.8 Å². The number of nitrogens with one attached hydrogen (secondary N) is 1. The summed E-state index contributed by atoms with van der Waals surface area (Å²) in [7, 11) is -4.01. The maximum atomic E-state index is 14.9. The third-order valence-electron chi connectivity index (χ3n) is 4.85. The molecule has 176 valence electrons. The molecule has 0 unspecified atom stereocenters. The maximum Gasteiger partial charge on any atom is 0.284 e. The Labute approximate surface area is 203 Å². The van der Waals surface area contributed by atoms with Crippen LogP contribution < -0.4 is 16.2 Å². The SMILES string of the molecule is C/C(=C(\F)C(=O)Nc1ccc(-c2ccncc2S(N)(=O)=O)cc1Br)c1cccc(/C(N)=N/O)c1. The molecule has 3 aromatic rings. The van der Waals surface area contributed by atoms with Crippen LogP contribution in [0.15, 0.2) is 81.3 Å². The van der Waals surface area contributed by atoms with Gasteiger partial charge in [0.25, 0.3) is 5.91 Å². The molecule has 0 bridgehead atoms. The number of primary sulfonamides is 1. The summed E-state index contributed by atoms with van der Waals surface area (Å²) >= 11 is 3.31. The second kappa shape index (κ2) is 10.1. The lowest BCUT2D eigenvalue weighted by Crippen LogP contribution is -2.15. The van der Waals surface area contributed by atoms with Crippen molar-refractivity contribution in [2.75, 3.05) is 5.32 Å². The summed E-state index contributed by atoms with van der Waals surface area (Å²) in [4.78, 5) is 16.2. The number of aromatic nitrogens is 1. The maximum absolute atomic E-state index is 14.9. The van der Waals surface area contributed by atoms with E-state index >= 15 is 0 Å². The fraction of sp³-hybridized carbons (Fsp3) is 0.0455. The molecule has 0 spiro atoms. The number of benzene rings is 2. The number of pyridine rings is 1. The predicted molar refractivity (Wildman–Crippen MR) is 130 cm³/mol. The number of anilines is 1. The molecular weight excluding hydrogens is 529 g/mol. The fourth-order valence-corrected chi connectivity index (χ4v) is 4.25. The van der Waals surface area contributed by atoms with E-state index in [1.54, 1.807) is 30.3 Å². The second-order valence-corrected chi connectivity index (χ2v) is 9.45. The average molecular weight is 548 g/mol. The van der Waals surface area contributed by atoms with Crippen LogP contribution in [0.4, 0.5) is 10.1 Å². The first kappa shape index (κ1) is 25.0. The number of hydrogen-bond donors (Lipinski definition) is 4. The minimum Gasteiger partial charge on any atom is -0.409 e. The number of amides is 1. The van der Waals surface area contributed by atoms with Crippen LogP contribution in [0.2, 0.25) is 0 Å². The molecule has 0 aliphatic heterocycles. The normalized spacial score (nSPS) is 12.8. The van der Waals surface area contributed by atoms with Crippen LogP contribution in [-0.4, -0.2) is 30.4 Å². The minimum atomic E-state index is -4.01. The van der Waals surface area contributed by atoms with E-state index < -0.39 is 21.8 Å². The number of hydrogen-bond acceptors (Lipinski definition) is 6. The van der Waals surface area contributed by atoms with E-state index in [-0.39, 0.29) is 22.0 Å². The standard InChI is InChI=1S/C22H19BrFN5O4S/c1-12(13-3-2-4-15(9-13)21(25)29-31)20(24)22(30)28-18-6-5-14(10-17(18)23)16-7-8-27-11-19(16)34(26,32)33/h2-11,31H,1H3,(H2,25,29)(H,28,30)(H2,26,32,33)/b20-12+. The van der Waals surface area contributed by atoms with E-state index in [2.05, 4.69) is 31.4 Å². The quantitative estimate of drug-likeness (QED) is 0.121. The first-order valence-corrected chi connectivity index (χ1v) is 11.9. The van der Waals surface area contributed by atoms with Crippen molar-refractivity contribution in [1.82, 2.24) is 4.98 Å². The lowest BCUT2D eigenvalue weighted by atomic mass is 10.0. The highest BCUT2D eigenvalue weighted by Gasteiger charge is 2.18. The molecular formula is C22H19BrFN5O4S. The third kappa shape index (κ3) is 5.47. The van der Waals surface area contributed by atoms with Crippen LogP contribution in [0.3, 0.4) is 0 Å². The number of amidine groups is 1. The van der Waals surface area contributed by atoms with Crippen LogP contribution in [0, 0.1) is 0 Å². The minimum absolute atomic E-state index is 0.0485. The van der Waals surface area contributed by atoms with Gasteiger partial charge in [0.05, 0.1) is 5.69 Å². The molecule has 6 N–H and O–H groups in total. The van der Waals surface area contributed by atoms with E-state index in [9.17, 15) is 17.6 Å². The van der Waals surface area contributed by atoms with Gasteiger partial charge in [-0.3, -0.25) is 9.78 Å². The molecule has 12 heteroatoms. The van der Waals surface area contributed by atoms with E-state index in [1.807, 2.05) is 0 Å². The summed E-state index contributed by atoms with van der Waals surface area (Å²) in [6.07, 6.45) is 2.57. The number of halogens is 2. The molecule has 34 heavy (non-hydrogen) atoms. The van der Waals surface area contributed by atoms with Crippen LogP contribution in [0.1, 0.15) is 18.1 Å². The Morgan fingerprint density at radius 3 is 2.53 bits per heavy atom. The van der Waals surface area contributed by atoms with Crippen LogP contribution >= 0.6 is 15.9 Å². The summed E-state index contributed by atoms with van der Waals surface area (Å²) in [6.45, 7) is 1.43. The Morgan fingerprint density at radius 1 is 1.18 bits per heavy atom. The van der Waals surface area contributed by atoms with E-state index in [0.29, 0.717) is 26.7 Å². The lowest BCUT2D eigenvalue weighted by molar-refractivity contribution is -0.114. The van der Waals surface area contributed by atoms with E-state index in [0.717, 1.165) is 6.20 Å². The second-order valence-electron chi connectivity index (χ2n) is 7.07. The smallest absolute Gasteiger partial charge is 0.284 e. The summed E-state index contributed by atoms with van der Waals surface area (Å²) in [5.41, 5.74) is 7.42. The molecule has 0 aliphatic rings. The summed E-state index contributed by atoms with van der Waals surface area (Å²) < 4.78 is 39.0. The Hall–Kier alpha value is -3.61. The summed E-state index contributed by atoms with van der Waals surface area (Å²) in [5, 5.41) is 19.5. The highest BCUT2D eigenvalue weighted by Crippen LogP contribution is 2.32. The molecule has 0 saturated heterocycles. The van der Waals surface area contributed by atoms with Crippen molar-refractivity contribution in [3.8, 4) is 11.1 Å². The molecule has 3 rings (SSSR count). The van der Waals surface area contributed by atoms with Gasteiger partial charge in [0.2, 0.25) is 10.0 Å². The number of nitrogens with two attached hydrogens (primary N) is 2. The van der Waals surface area contributed by atoms with Gasteiger partial charge in [0.1, 0.15) is 4.90 Å². The third-order valence-corrected chi connectivity index (χ3v) is 6.44. The van der Waals surface area contributed by atoms with Gasteiger partial charge < -0.3 is 16.3 Å². The van der Waals surface area contributed by atoms with E-state index in [1.165, 1.54) is 31.3 Å². The van der Waals surface area contributed by atoms with Gasteiger partial charge in [-0.2, -0.15) is 0 Å². The van der Waals surface area contributed by atoms with Crippen molar-refractivity contribution in [3.05, 3.63) is 82.4 Å². The number of rotatable bonds is 6. The van der Waals surface area contributed by atoms with Gasteiger partial charge in [0.15, 0.2) is 11.7 Å². The molecule has 0 atom stereocenters. The largest absolute Gasteiger partial charge is 0.409 e. The Kier molecular flexibility index (Phi) is 7.44. The molecule has 1 amide bonds. The van der Waals surface area contributed by atoms with Crippen molar-refractivity contribution in [2.45, 2.75) is 11.8 Å². The highest BCUT2D eigenvalue weighted by molar-refractivity contribution is 9.10. The molecule has 0 fully saturated rings. The van der Waals surface area contributed by atoms with Crippen LogP contribution in [0.5, 0.6) is 0 Å². The van der Waals surface area contributed by atoms with Crippen molar-refractivity contribution in [1.29, 1.82) is 0 Å². The van der Waals surface area contributed by atoms with Gasteiger partial charge in [0, 0.05) is 28.0 Å². The van der Waals surface area contributed by atoms with Crippen LogP contribution in [0.25, 0.3) is 16.7 Å². The summed E-state index contributed by atoms with van der Waals surface area (Å²) in [5.74, 6) is -2.17. The van der Waals surface area contributed by atoms with Gasteiger partial charge >= 0.3 is 0 Å². The zero-order valence-corrected chi connectivity index (χ0v) is 20.1. The Bertz CT molecular complexity index is 1440. The first-order chi connectivity index (χ1) is 16.0. The van der Waals surface area contributed by atoms with Crippen molar-refractivity contribution in [3.63, 3.8) is 0 Å². The number of sulfonamides is 1. The van der Waals surface area contributed by atoms with Gasteiger partial charge in [-0.15, -0.1) is 0 Å².